The second-order valence-corrected chi connectivity index (χ2v) is 13.5. The van der Waals surface area contributed by atoms with Crippen molar-refractivity contribution >= 4 is 17.7 Å². The number of aromatic nitrogens is 2. The number of rotatable bonds is 5. The molecule has 4 aliphatic heterocycles. The van der Waals surface area contributed by atoms with Crippen LogP contribution in [0.2, 0.25) is 0 Å². The lowest BCUT2D eigenvalue weighted by Crippen LogP contribution is -2.40. The number of nitrogens with one attached hydrogen (secondary N) is 1. The SMILES string of the molecule is C=C.C=C1C(C(CCC)CCC)=Cc2c3ncnc2N1C(C)CCCCCCN1CCC(CC1)C(F)(F)c1cccc(c1F)[C@@H](C)N3. The van der Waals surface area contributed by atoms with Gasteiger partial charge in [-0.05, 0) is 89.6 Å². The summed E-state index contributed by atoms with van der Waals surface area (Å²) in [5.74, 6) is -3.20. The van der Waals surface area contributed by atoms with E-state index < -0.39 is 29.3 Å². The highest BCUT2D eigenvalue weighted by atomic mass is 19.3. The standard InChI is InChI=1S/C37H52F3N5.C2H4/c1-6-13-28(14-7-2)31-23-32-35-41-24-42-36(32)45(27(31)5)25(3)15-10-8-9-11-20-44-21-18-29(19-22-44)37(39,40)33-17-12-16-30(34(33)38)26(4)43-35;1-2/h12,16-17,23-26,28-29H,5-11,13-15,18-22H2,1-4H3,(H,41,42,43);1-2H2/t25?,26-;/m1./s1. The van der Waals surface area contributed by atoms with Gasteiger partial charge < -0.3 is 15.1 Å². The summed E-state index contributed by atoms with van der Waals surface area (Å²) >= 11 is 0. The lowest BCUT2D eigenvalue weighted by molar-refractivity contribution is -0.0880. The van der Waals surface area contributed by atoms with Gasteiger partial charge in [-0.25, -0.2) is 23.1 Å². The molecule has 1 fully saturated rings. The van der Waals surface area contributed by atoms with Crippen LogP contribution in [0.1, 0.15) is 121 Å². The van der Waals surface area contributed by atoms with Gasteiger partial charge in [0.05, 0.1) is 17.2 Å². The van der Waals surface area contributed by atoms with Crippen molar-refractivity contribution in [2.24, 2.45) is 11.8 Å². The van der Waals surface area contributed by atoms with Gasteiger partial charge in [-0.1, -0.05) is 70.7 Å². The summed E-state index contributed by atoms with van der Waals surface area (Å²) in [6.45, 7) is 21.3. The van der Waals surface area contributed by atoms with Crippen molar-refractivity contribution in [3.8, 4) is 0 Å². The fourth-order valence-corrected chi connectivity index (χ4v) is 7.73. The molecule has 4 aliphatic rings. The highest BCUT2D eigenvalue weighted by Crippen LogP contribution is 2.45. The highest BCUT2D eigenvalue weighted by Gasteiger charge is 2.45. The topological polar surface area (TPSA) is 44.3 Å². The van der Waals surface area contributed by atoms with Crippen molar-refractivity contribution in [1.29, 1.82) is 0 Å². The van der Waals surface area contributed by atoms with E-state index >= 15 is 13.2 Å². The lowest BCUT2D eigenvalue weighted by atomic mass is 9.84. The van der Waals surface area contributed by atoms with Crippen LogP contribution < -0.4 is 10.2 Å². The number of hydrogen-bond acceptors (Lipinski definition) is 5. The van der Waals surface area contributed by atoms with Crippen molar-refractivity contribution in [2.75, 3.05) is 29.9 Å². The van der Waals surface area contributed by atoms with E-state index in [1.807, 2.05) is 6.92 Å². The lowest BCUT2D eigenvalue weighted by Gasteiger charge is -2.39. The summed E-state index contributed by atoms with van der Waals surface area (Å²) < 4.78 is 47.9. The van der Waals surface area contributed by atoms with Gasteiger partial charge in [-0.15, -0.1) is 13.2 Å². The van der Waals surface area contributed by atoms with Crippen LogP contribution in [0, 0.1) is 17.7 Å². The summed E-state index contributed by atoms with van der Waals surface area (Å²) in [7, 11) is 0. The molecule has 1 N–H and O–H groups in total. The minimum Gasteiger partial charge on any atom is -0.363 e. The Hall–Kier alpha value is -3.13. The first kappa shape index (κ1) is 36.7. The molecule has 8 bridgehead atoms. The molecule has 0 spiro atoms. The van der Waals surface area contributed by atoms with E-state index in [2.05, 4.69) is 66.7 Å². The van der Waals surface area contributed by atoms with Gasteiger partial charge in [-0.2, -0.15) is 0 Å². The predicted octanol–water partition coefficient (Wildman–Crippen LogP) is 10.7. The Kier molecular flexibility index (Phi) is 13.1. The van der Waals surface area contributed by atoms with Crippen LogP contribution >= 0.6 is 0 Å². The largest absolute Gasteiger partial charge is 0.363 e. The maximum Gasteiger partial charge on any atom is 0.278 e. The zero-order chi connectivity index (χ0) is 34.1. The average molecular weight is 652 g/mol. The first-order valence-electron chi connectivity index (χ1n) is 17.9. The fraction of sp³-hybridized carbons (Fsp3) is 0.590. The Morgan fingerprint density at radius 2 is 1.64 bits per heavy atom. The fourth-order valence-electron chi connectivity index (χ4n) is 7.73. The Morgan fingerprint density at radius 3 is 2.32 bits per heavy atom. The van der Waals surface area contributed by atoms with Crippen LogP contribution in [0.15, 0.2) is 55.5 Å². The van der Waals surface area contributed by atoms with Gasteiger partial charge in [0.1, 0.15) is 23.8 Å². The summed E-state index contributed by atoms with van der Waals surface area (Å²) in [5.41, 5.74) is 2.78. The van der Waals surface area contributed by atoms with Crippen molar-refractivity contribution in [2.45, 2.75) is 116 Å². The monoisotopic (exact) mass is 651 g/mol. The first-order valence-corrected chi connectivity index (χ1v) is 17.9. The smallest absolute Gasteiger partial charge is 0.278 e. The molecule has 0 radical (unpaired) electrons. The molecule has 47 heavy (non-hydrogen) atoms. The third-order valence-electron chi connectivity index (χ3n) is 10.3. The quantitative estimate of drug-likeness (QED) is 0.326. The molecule has 2 atom stereocenters. The molecule has 5 heterocycles. The van der Waals surface area contributed by atoms with E-state index in [-0.39, 0.29) is 11.6 Å². The maximum atomic E-state index is 16.1. The molecule has 8 heteroatoms. The van der Waals surface area contributed by atoms with Crippen LogP contribution in [0.4, 0.5) is 24.8 Å². The van der Waals surface area contributed by atoms with Crippen molar-refractivity contribution in [3.63, 3.8) is 0 Å². The molecule has 2 aromatic rings. The molecule has 1 aromatic heterocycles. The Bertz CT molecular complexity index is 1360. The van der Waals surface area contributed by atoms with E-state index in [9.17, 15) is 0 Å². The first-order chi connectivity index (χ1) is 22.7. The minimum absolute atomic E-state index is 0.188. The number of halogens is 3. The molecule has 1 aromatic carbocycles. The molecule has 1 saturated heterocycles. The predicted molar refractivity (Wildman–Crippen MR) is 190 cm³/mol. The molecule has 0 saturated carbocycles. The zero-order valence-corrected chi connectivity index (χ0v) is 29.1. The zero-order valence-electron chi connectivity index (χ0n) is 29.1. The molecule has 1 unspecified atom stereocenters. The Balaban J connectivity index is 0.00000245. The number of alkyl halides is 2. The second kappa shape index (κ2) is 16.8. The van der Waals surface area contributed by atoms with E-state index in [0.29, 0.717) is 37.7 Å². The molecule has 5 nitrogen and oxygen atoms in total. The number of fused-ring (bicyclic) bond motifs is 9. The van der Waals surface area contributed by atoms with Gasteiger partial charge >= 0.3 is 0 Å². The number of anilines is 2. The molecular formula is C39H56F3N5. The number of allylic oxidation sites excluding steroid dienone is 1. The highest BCUT2D eigenvalue weighted by molar-refractivity contribution is 5.83. The number of benzene rings is 1. The van der Waals surface area contributed by atoms with Gasteiger partial charge in [-0.3, -0.25) is 0 Å². The normalized spacial score (nSPS) is 24.8. The van der Waals surface area contributed by atoms with Crippen LogP contribution in [0.25, 0.3) is 6.08 Å². The third kappa shape index (κ3) is 8.13. The van der Waals surface area contributed by atoms with E-state index in [4.69, 9.17) is 4.98 Å². The van der Waals surface area contributed by atoms with Crippen LogP contribution in [-0.4, -0.2) is 40.5 Å². The molecular weight excluding hydrogens is 595 g/mol. The molecule has 0 amide bonds. The average Bonchev–Trinajstić information content (AvgIpc) is 3.06. The summed E-state index contributed by atoms with van der Waals surface area (Å²) in [6.07, 6.45) is 14.2. The summed E-state index contributed by atoms with van der Waals surface area (Å²) in [5, 5.41) is 3.41. The molecule has 258 valence electrons. The van der Waals surface area contributed by atoms with E-state index in [1.54, 1.807) is 12.1 Å². The third-order valence-corrected chi connectivity index (χ3v) is 10.3. The molecule has 6 rings (SSSR count). The van der Waals surface area contributed by atoms with Crippen molar-refractivity contribution in [3.05, 3.63) is 78.0 Å². The number of nitrogens with zero attached hydrogens (tertiary/aromatic N) is 4. The van der Waals surface area contributed by atoms with Gasteiger partial charge in [0, 0.05) is 23.2 Å². The van der Waals surface area contributed by atoms with Crippen LogP contribution in [-0.2, 0) is 5.92 Å². The summed E-state index contributed by atoms with van der Waals surface area (Å²) in [6, 6.07) is 4.03. The van der Waals surface area contributed by atoms with Crippen molar-refractivity contribution < 1.29 is 13.2 Å². The number of piperidine rings is 1. The molecule has 0 aliphatic carbocycles. The Morgan fingerprint density at radius 1 is 0.957 bits per heavy atom. The van der Waals surface area contributed by atoms with Gasteiger partial charge in [0.25, 0.3) is 5.92 Å². The van der Waals surface area contributed by atoms with Gasteiger partial charge in [0.2, 0.25) is 0 Å². The van der Waals surface area contributed by atoms with E-state index in [0.717, 1.165) is 81.4 Å². The summed E-state index contributed by atoms with van der Waals surface area (Å²) in [4.78, 5) is 14.0. The number of hydrogen-bond donors (Lipinski definition) is 1. The van der Waals surface area contributed by atoms with Crippen LogP contribution in [0.3, 0.4) is 0 Å². The maximum absolute atomic E-state index is 16.1. The minimum atomic E-state index is -3.24. The van der Waals surface area contributed by atoms with Crippen molar-refractivity contribution in [1.82, 2.24) is 14.9 Å². The van der Waals surface area contributed by atoms with Gasteiger partial charge in [0.15, 0.2) is 0 Å². The van der Waals surface area contributed by atoms with E-state index in [1.165, 1.54) is 18.0 Å². The van der Waals surface area contributed by atoms with Crippen LogP contribution in [0.5, 0.6) is 0 Å². The second-order valence-electron chi connectivity index (χ2n) is 13.5. The Labute approximate surface area is 281 Å².